The molecule has 0 amide bonds. The first-order chi connectivity index (χ1) is 11.3. The highest BCUT2D eigenvalue weighted by atomic mass is 19.3. The highest BCUT2D eigenvalue weighted by molar-refractivity contribution is 5.85. The summed E-state index contributed by atoms with van der Waals surface area (Å²) in [6, 6.07) is 6.51. The predicted octanol–water partition coefficient (Wildman–Crippen LogP) is 1.53. The number of carboxylic acids is 1. The second-order valence-electron chi connectivity index (χ2n) is 5.46. The number of nitrogens with two attached hydrogens (primary N) is 2. The number of carboxylic acid groups (broad SMARTS) is 1. The molecule has 0 aliphatic heterocycles. The largest absolute Gasteiger partial charge is 0.476 e. The lowest BCUT2D eigenvalue weighted by molar-refractivity contribution is -0.133. The maximum Gasteiger partial charge on any atom is 0.357 e. The summed E-state index contributed by atoms with van der Waals surface area (Å²) in [4.78, 5) is 10.8. The van der Waals surface area contributed by atoms with E-state index in [4.69, 9.17) is 21.4 Å². The third-order valence-electron chi connectivity index (χ3n) is 3.46. The number of hydrogen-bond donors (Lipinski definition) is 4. The first kappa shape index (κ1) is 17.6. The molecule has 2 rings (SSSR count). The Morgan fingerprint density at radius 3 is 2.75 bits per heavy atom. The van der Waals surface area contributed by atoms with Crippen LogP contribution in [0.15, 0.2) is 35.8 Å². The second-order valence-corrected chi connectivity index (χ2v) is 5.46. The summed E-state index contributed by atoms with van der Waals surface area (Å²) in [5, 5.41) is 8.82. The lowest BCUT2D eigenvalue weighted by atomic mass is 9.79. The summed E-state index contributed by atoms with van der Waals surface area (Å²) in [5.74, 6) is 6.92. The molecule has 0 heterocycles. The minimum atomic E-state index is -2.54. The molecule has 1 fully saturated rings. The Bertz CT molecular complexity index is 715. The summed E-state index contributed by atoms with van der Waals surface area (Å²) in [7, 11) is 0. The van der Waals surface area contributed by atoms with Crippen LogP contribution in [0.3, 0.4) is 0 Å². The molecule has 1 aliphatic rings. The fourth-order valence-electron chi connectivity index (χ4n) is 2.24. The van der Waals surface area contributed by atoms with Crippen LogP contribution >= 0.6 is 0 Å². The predicted molar refractivity (Wildman–Crippen MR) is 82.4 cm³/mol. The highest BCUT2D eigenvalue weighted by Crippen LogP contribution is 2.43. The summed E-state index contributed by atoms with van der Waals surface area (Å²) >= 11 is 0. The van der Waals surface area contributed by atoms with Crippen molar-refractivity contribution in [2.75, 3.05) is 0 Å². The zero-order valence-corrected chi connectivity index (χ0v) is 12.7. The number of carbonyl (C=O) groups is 1. The number of hydrazine groups is 1. The van der Waals surface area contributed by atoms with Gasteiger partial charge in [-0.3, -0.25) is 5.43 Å². The van der Waals surface area contributed by atoms with Crippen LogP contribution in [0.4, 0.5) is 8.78 Å². The zero-order chi connectivity index (χ0) is 17.7. The van der Waals surface area contributed by atoms with Gasteiger partial charge in [-0.25, -0.2) is 19.4 Å². The van der Waals surface area contributed by atoms with Crippen molar-refractivity contribution < 1.29 is 23.4 Å². The van der Waals surface area contributed by atoms with E-state index >= 15 is 0 Å². The molecule has 0 radical (unpaired) electrons. The number of ether oxygens (including phenoxy) is 1. The quantitative estimate of drug-likeness (QED) is 0.213. The molecular weight excluding hydrogens is 320 g/mol. The van der Waals surface area contributed by atoms with Crippen LogP contribution in [-0.4, -0.2) is 17.0 Å². The Labute approximate surface area is 137 Å². The Morgan fingerprint density at radius 2 is 2.17 bits per heavy atom. The minimum Gasteiger partial charge on any atom is -0.476 e. The average Bonchev–Trinajstić information content (AvgIpc) is 2.50. The number of benzene rings is 1. The van der Waals surface area contributed by atoms with Gasteiger partial charge in [0.25, 0.3) is 0 Å². The molecule has 24 heavy (non-hydrogen) atoms. The van der Waals surface area contributed by atoms with Crippen molar-refractivity contribution in [2.24, 2.45) is 17.5 Å². The monoisotopic (exact) mass is 337 g/mol. The van der Waals surface area contributed by atoms with Crippen LogP contribution in [0.2, 0.25) is 0 Å². The van der Waals surface area contributed by atoms with Crippen LogP contribution < -0.4 is 21.7 Å². The molecule has 0 bridgehead atoms. The van der Waals surface area contributed by atoms with E-state index < -0.39 is 17.6 Å². The molecular formula is C16H17F2N3O3. The minimum absolute atomic E-state index is 0.0710. The maximum absolute atomic E-state index is 12.7. The van der Waals surface area contributed by atoms with Crippen molar-refractivity contribution in [3.8, 4) is 17.6 Å². The Balaban J connectivity index is 2.02. The van der Waals surface area contributed by atoms with Crippen molar-refractivity contribution in [1.82, 2.24) is 5.43 Å². The molecule has 0 saturated heterocycles. The smallest absolute Gasteiger partial charge is 0.357 e. The van der Waals surface area contributed by atoms with Crippen LogP contribution in [0, 0.1) is 17.8 Å². The van der Waals surface area contributed by atoms with Gasteiger partial charge in [-0.05, 0) is 24.1 Å². The molecule has 0 atom stereocenters. The van der Waals surface area contributed by atoms with Crippen LogP contribution in [-0.2, 0) is 4.79 Å². The van der Waals surface area contributed by atoms with E-state index in [0.29, 0.717) is 12.0 Å². The fourth-order valence-corrected chi connectivity index (χ4v) is 2.24. The van der Waals surface area contributed by atoms with Crippen LogP contribution in [0.1, 0.15) is 24.8 Å². The molecule has 1 aliphatic carbocycles. The number of nitrogens with one attached hydrogen (secondary N) is 1. The van der Waals surface area contributed by atoms with Crippen molar-refractivity contribution in [3.05, 3.63) is 41.4 Å². The number of hydrogen-bond acceptors (Lipinski definition) is 5. The first-order valence-electron chi connectivity index (χ1n) is 7.15. The van der Waals surface area contributed by atoms with Gasteiger partial charge in [0.1, 0.15) is 5.75 Å². The van der Waals surface area contributed by atoms with E-state index in [9.17, 15) is 13.6 Å². The van der Waals surface area contributed by atoms with Gasteiger partial charge in [-0.15, -0.1) is 0 Å². The second kappa shape index (κ2) is 7.19. The van der Waals surface area contributed by atoms with Crippen molar-refractivity contribution >= 4 is 5.97 Å². The van der Waals surface area contributed by atoms with Gasteiger partial charge < -0.3 is 15.6 Å². The lowest BCUT2D eigenvalue weighted by Crippen LogP contribution is -2.34. The van der Waals surface area contributed by atoms with Gasteiger partial charge in [-0.1, -0.05) is 17.9 Å². The van der Waals surface area contributed by atoms with Crippen LogP contribution in [0.5, 0.6) is 5.75 Å². The van der Waals surface area contributed by atoms with Crippen molar-refractivity contribution in [3.63, 3.8) is 0 Å². The summed E-state index contributed by atoms with van der Waals surface area (Å²) in [6.07, 6.45) is 0.174. The van der Waals surface area contributed by atoms with Gasteiger partial charge in [0.05, 0.1) is 0 Å². The van der Waals surface area contributed by atoms with Crippen molar-refractivity contribution in [2.45, 2.75) is 25.2 Å². The molecule has 6 nitrogen and oxygen atoms in total. The SMILES string of the molecule is NN/C(Oc1cccc(C#CCC2CC(F)(F)C2)c1)=C(\N)C(=O)O. The molecule has 1 aromatic rings. The normalized spacial score (nSPS) is 17.0. The average molecular weight is 337 g/mol. The summed E-state index contributed by atoms with van der Waals surface area (Å²) < 4.78 is 30.7. The topological polar surface area (TPSA) is 111 Å². The third-order valence-corrected chi connectivity index (χ3v) is 3.46. The molecule has 8 heteroatoms. The van der Waals surface area contributed by atoms with E-state index in [-0.39, 0.29) is 30.4 Å². The third kappa shape index (κ3) is 4.60. The Hall–Kier alpha value is -2.79. The maximum atomic E-state index is 12.7. The number of halogens is 2. The molecule has 1 saturated carbocycles. The molecule has 0 aromatic heterocycles. The standard InChI is InChI=1S/C16H17F2N3O3/c17-16(18)8-11(9-16)5-1-3-10-4-2-6-12(7-10)24-14(21-20)13(19)15(22)23/h2,4,6-7,11,21H,5,8-9,19-20H2,(H,22,23)/b14-13+. The van der Waals surface area contributed by atoms with Gasteiger partial charge >= 0.3 is 5.97 Å². The summed E-state index contributed by atoms with van der Waals surface area (Å²) in [6.45, 7) is 0. The van der Waals surface area contributed by atoms with Gasteiger partial charge in [0.2, 0.25) is 11.8 Å². The van der Waals surface area contributed by atoms with E-state index in [0.717, 1.165) is 0 Å². The lowest BCUT2D eigenvalue weighted by Gasteiger charge is -2.33. The van der Waals surface area contributed by atoms with E-state index in [2.05, 4.69) is 17.3 Å². The molecule has 0 unspecified atom stereocenters. The van der Waals surface area contributed by atoms with Gasteiger partial charge in [-0.2, -0.15) is 0 Å². The Kier molecular flexibility index (Phi) is 5.26. The molecule has 6 N–H and O–H groups in total. The van der Waals surface area contributed by atoms with Crippen LogP contribution in [0.25, 0.3) is 0 Å². The summed E-state index contributed by atoms with van der Waals surface area (Å²) in [5.41, 5.74) is 7.45. The molecule has 0 spiro atoms. The van der Waals surface area contributed by atoms with E-state index in [1.807, 2.05) is 0 Å². The molecule has 128 valence electrons. The first-order valence-corrected chi connectivity index (χ1v) is 7.15. The number of rotatable bonds is 5. The highest BCUT2D eigenvalue weighted by Gasteiger charge is 2.44. The van der Waals surface area contributed by atoms with Gasteiger partial charge in [0.15, 0.2) is 5.70 Å². The fraction of sp³-hybridized carbons (Fsp3) is 0.312. The zero-order valence-electron chi connectivity index (χ0n) is 12.7. The number of alkyl halides is 2. The van der Waals surface area contributed by atoms with Crippen molar-refractivity contribution in [1.29, 1.82) is 0 Å². The van der Waals surface area contributed by atoms with Gasteiger partial charge in [0, 0.05) is 24.8 Å². The Morgan fingerprint density at radius 1 is 1.46 bits per heavy atom. The van der Waals surface area contributed by atoms with E-state index in [1.54, 1.807) is 24.3 Å². The molecule has 1 aromatic carbocycles. The van der Waals surface area contributed by atoms with E-state index in [1.165, 1.54) is 0 Å². The number of aliphatic carboxylic acids is 1.